The predicted octanol–water partition coefficient (Wildman–Crippen LogP) is 3.17. The standard InChI is InChI=1S/C10H14ClNS/c1-10(2,7-12)13-9-5-3-8(11)4-6-9/h3-6H,7,12H2,1-2H3. The van der Waals surface area contributed by atoms with Gasteiger partial charge in [0.05, 0.1) is 0 Å². The fourth-order valence-electron chi connectivity index (χ4n) is 0.863. The smallest absolute Gasteiger partial charge is 0.0406 e. The van der Waals surface area contributed by atoms with Crippen molar-refractivity contribution in [2.24, 2.45) is 5.73 Å². The lowest BCUT2D eigenvalue weighted by molar-refractivity contribution is 0.723. The minimum Gasteiger partial charge on any atom is -0.329 e. The van der Waals surface area contributed by atoms with Crippen LogP contribution in [0, 0.1) is 0 Å². The van der Waals surface area contributed by atoms with Gasteiger partial charge in [-0.15, -0.1) is 11.8 Å². The molecule has 1 nitrogen and oxygen atoms in total. The average Bonchev–Trinajstić information content (AvgIpc) is 2.09. The van der Waals surface area contributed by atoms with Crippen molar-refractivity contribution in [3.63, 3.8) is 0 Å². The Kier molecular flexibility index (Phi) is 3.65. The summed E-state index contributed by atoms with van der Waals surface area (Å²) in [5.74, 6) is 0. The fraction of sp³-hybridized carbons (Fsp3) is 0.400. The van der Waals surface area contributed by atoms with Crippen molar-refractivity contribution in [1.29, 1.82) is 0 Å². The van der Waals surface area contributed by atoms with Gasteiger partial charge in [0.25, 0.3) is 0 Å². The van der Waals surface area contributed by atoms with E-state index in [1.807, 2.05) is 24.3 Å². The molecule has 0 amide bonds. The maximum atomic E-state index is 5.78. The minimum atomic E-state index is 0.0911. The first-order valence-corrected chi connectivity index (χ1v) is 5.37. The third kappa shape index (κ3) is 3.59. The summed E-state index contributed by atoms with van der Waals surface area (Å²) in [6.45, 7) is 4.93. The molecule has 3 heteroatoms. The molecule has 0 heterocycles. The normalized spacial score (nSPS) is 11.7. The van der Waals surface area contributed by atoms with E-state index >= 15 is 0 Å². The Morgan fingerprint density at radius 1 is 1.31 bits per heavy atom. The second-order valence-corrected chi connectivity index (χ2v) is 5.74. The van der Waals surface area contributed by atoms with Crippen molar-refractivity contribution in [2.75, 3.05) is 6.54 Å². The Bertz CT molecular complexity index is 269. The van der Waals surface area contributed by atoms with Gasteiger partial charge in [0.2, 0.25) is 0 Å². The Labute approximate surface area is 88.7 Å². The lowest BCUT2D eigenvalue weighted by atomic mass is 10.2. The van der Waals surface area contributed by atoms with E-state index < -0.39 is 0 Å². The van der Waals surface area contributed by atoms with Crippen molar-refractivity contribution in [1.82, 2.24) is 0 Å². The van der Waals surface area contributed by atoms with Crippen molar-refractivity contribution >= 4 is 23.4 Å². The first kappa shape index (κ1) is 10.9. The Morgan fingerprint density at radius 3 is 2.31 bits per heavy atom. The first-order chi connectivity index (χ1) is 6.03. The number of hydrogen-bond donors (Lipinski definition) is 1. The van der Waals surface area contributed by atoms with E-state index in [9.17, 15) is 0 Å². The highest BCUT2D eigenvalue weighted by molar-refractivity contribution is 8.00. The van der Waals surface area contributed by atoms with Crippen LogP contribution in [0.5, 0.6) is 0 Å². The summed E-state index contributed by atoms with van der Waals surface area (Å²) >= 11 is 7.55. The van der Waals surface area contributed by atoms with Crippen LogP contribution in [0.2, 0.25) is 5.02 Å². The number of thioether (sulfide) groups is 1. The molecule has 0 saturated carbocycles. The maximum Gasteiger partial charge on any atom is 0.0406 e. The lowest BCUT2D eigenvalue weighted by Crippen LogP contribution is -2.26. The Hall–Kier alpha value is -0.180. The van der Waals surface area contributed by atoms with E-state index in [0.29, 0.717) is 6.54 Å². The molecule has 0 spiro atoms. The molecule has 0 saturated heterocycles. The number of rotatable bonds is 3. The van der Waals surface area contributed by atoms with Crippen LogP contribution in [-0.2, 0) is 0 Å². The second kappa shape index (κ2) is 4.36. The van der Waals surface area contributed by atoms with Gasteiger partial charge < -0.3 is 5.73 Å². The summed E-state index contributed by atoms with van der Waals surface area (Å²) < 4.78 is 0.0911. The molecule has 0 bridgehead atoms. The summed E-state index contributed by atoms with van der Waals surface area (Å²) in [6.07, 6.45) is 0. The molecule has 13 heavy (non-hydrogen) atoms. The van der Waals surface area contributed by atoms with Gasteiger partial charge in [0.1, 0.15) is 0 Å². The Balaban J connectivity index is 2.69. The van der Waals surface area contributed by atoms with Crippen LogP contribution in [0.1, 0.15) is 13.8 Å². The molecule has 72 valence electrons. The molecule has 0 fully saturated rings. The van der Waals surface area contributed by atoms with E-state index in [4.69, 9.17) is 17.3 Å². The zero-order valence-corrected chi connectivity index (χ0v) is 9.45. The lowest BCUT2D eigenvalue weighted by Gasteiger charge is -2.21. The fourth-order valence-corrected chi connectivity index (χ4v) is 1.98. The molecular formula is C10H14ClNS. The monoisotopic (exact) mass is 215 g/mol. The minimum absolute atomic E-state index is 0.0911. The van der Waals surface area contributed by atoms with E-state index in [-0.39, 0.29) is 4.75 Å². The van der Waals surface area contributed by atoms with Gasteiger partial charge in [-0.1, -0.05) is 11.6 Å². The maximum absolute atomic E-state index is 5.78. The number of halogens is 1. The quantitative estimate of drug-likeness (QED) is 0.784. The van der Waals surface area contributed by atoms with Crippen molar-refractivity contribution < 1.29 is 0 Å². The van der Waals surface area contributed by atoms with Crippen molar-refractivity contribution in [3.8, 4) is 0 Å². The molecule has 2 N–H and O–H groups in total. The summed E-state index contributed by atoms with van der Waals surface area (Å²) in [5.41, 5.74) is 5.64. The van der Waals surface area contributed by atoms with Crippen molar-refractivity contribution in [2.45, 2.75) is 23.5 Å². The number of nitrogens with two attached hydrogens (primary N) is 1. The van der Waals surface area contributed by atoms with Crippen LogP contribution >= 0.6 is 23.4 Å². The summed E-state index contributed by atoms with van der Waals surface area (Å²) in [6, 6.07) is 7.84. The highest BCUT2D eigenvalue weighted by atomic mass is 35.5. The molecule has 0 radical (unpaired) electrons. The van der Waals surface area contributed by atoms with Crippen LogP contribution in [0.4, 0.5) is 0 Å². The highest BCUT2D eigenvalue weighted by Gasteiger charge is 2.16. The van der Waals surface area contributed by atoms with Gasteiger partial charge >= 0.3 is 0 Å². The van der Waals surface area contributed by atoms with E-state index in [0.717, 1.165) is 5.02 Å². The van der Waals surface area contributed by atoms with Crippen LogP contribution in [0.25, 0.3) is 0 Å². The number of hydrogen-bond acceptors (Lipinski definition) is 2. The third-order valence-electron chi connectivity index (χ3n) is 1.70. The number of benzene rings is 1. The summed E-state index contributed by atoms with van der Waals surface area (Å²) in [5, 5.41) is 0.773. The zero-order valence-electron chi connectivity index (χ0n) is 7.88. The van der Waals surface area contributed by atoms with Gasteiger partial charge in [-0.25, -0.2) is 0 Å². The first-order valence-electron chi connectivity index (χ1n) is 4.18. The van der Waals surface area contributed by atoms with Crippen LogP contribution in [-0.4, -0.2) is 11.3 Å². The van der Waals surface area contributed by atoms with E-state index in [1.54, 1.807) is 11.8 Å². The van der Waals surface area contributed by atoms with Crippen LogP contribution in [0.15, 0.2) is 29.2 Å². The molecule has 0 unspecified atom stereocenters. The van der Waals surface area contributed by atoms with Crippen molar-refractivity contribution in [3.05, 3.63) is 29.3 Å². The molecule has 0 atom stereocenters. The molecule has 0 aliphatic carbocycles. The topological polar surface area (TPSA) is 26.0 Å². The van der Waals surface area contributed by atoms with Gasteiger partial charge in [0.15, 0.2) is 0 Å². The third-order valence-corrected chi connectivity index (χ3v) is 3.18. The van der Waals surface area contributed by atoms with Gasteiger partial charge in [-0.05, 0) is 38.1 Å². The zero-order chi connectivity index (χ0) is 9.90. The average molecular weight is 216 g/mol. The van der Waals surface area contributed by atoms with E-state index in [1.165, 1.54) is 4.90 Å². The SMILES string of the molecule is CC(C)(CN)Sc1ccc(Cl)cc1. The van der Waals surface area contributed by atoms with Gasteiger partial charge in [-0.3, -0.25) is 0 Å². The molecule has 0 aromatic heterocycles. The molecule has 0 aliphatic rings. The molecule has 1 aromatic carbocycles. The van der Waals surface area contributed by atoms with E-state index in [2.05, 4.69) is 13.8 Å². The molecule has 1 aromatic rings. The van der Waals surface area contributed by atoms with Gasteiger partial charge in [0, 0.05) is 21.2 Å². The highest BCUT2D eigenvalue weighted by Crippen LogP contribution is 2.31. The van der Waals surface area contributed by atoms with Gasteiger partial charge in [-0.2, -0.15) is 0 Å². The second-order valence-electron chi connectivity index (χ2n) is 3.52. The van der Waals surface area contributed by atoms with Crippen LogP contribution in [0.3, 0.4) is 0 Å². The molecule has 0 aliphatic heterocycles. The molecular weight excluding hydrogens is 202 g/mol. The Morgan fingerprint density at radius 2 is 1.85 bits per heavy atom. The summed E-state index contributed by atoms with van der Waals surface area (Å²) in [7, 11) is 0. The summed E-state index contributed by atoms with van der Waals surface area (Å²) in [4.78, 5) is 1.21. The predicted molar refractivity (Wildman–Crippen MR) is 60.4 cm³/mol. The molecule has 1 rings (SSSR count). The largest absolute Gasteiger partial charge is 0.329 e. The van der Waals surface area contributed by atoms with Crippen LogP contribution < -0.4 is 5.73 Å².